The number of halogens is 2. The summed E-state index contributed by atoms with van der Waals surface area (Å²) in [7, 11) is -3.93. The molecule has 0 saturated carbocycles. The van der Waals surface area contributed by atoms with Crippen LogP contribution in [0.2, 0.25) is 10.0 Å². The third-order valence-electron chi connectivity index (χ3n) is 7.40. The largest absolute Gasteiger partial charge is 0.486 e. The van der Waals surface area contributed by atoms with Crippen LogP contribution in [0.4, 0.5) is 5.69 Å². The van der Waals surface area contributed by atoms with Gasteiger partial charge >= 0.3 is 0 Å². The zero-order valence-electron chi connectivity index (χ0n) is 25.0. The number of carbonyl (C=O) groups excluding carboxylic acids is 2. The molecule has 3 aromatic rings. The van der Waals surface area contributed by atoms with Crippen LogP contribution in [0.5, 0.6) is 11.5 Å². The maximum Gasteiger partial charge on any atom is 0.244 e. The molecule has 0 saturated heterocycles. The van der Waals surface area contributed by atoms with Gasteiger partial charge in [-0.05, 0) is 55.7 Å². The molecule has 236 valence electrons. The summed E-state index contributed by atoms with van der Waals surface area (Å²) in [6.07, 6.45) is 0.901. The quantitative estimate of drug-likeness (QED) is 0.260. The number of anilines is 1. The number of carbonyl (C=O) groups is 2. The van der Waals surface area contributed by atoms with Crippen molar-refractivity contribution in [3.63, 3.8) is 0 Å². The van der Waals surface area contributed by atoms with Gasteiger partial charge in [-0.25, -0.2) is 8.42 Å². The highest BCUT2D eigenvalue weighted by Gasteiger charge is 2.34. The van der Waals surface area contributed by atoms with Crippen LogP contribution in [0.15, 0.2) is 66.7 Å². The molecule has 3 aromatic carbocycles. The van der Waals surface area contributed by atoms with Gasteiger partial charge in [-0.1, -0.05) is 66.5 Å². The molecule has 9 nitrogen and oxygen atoms in total. The molecule has 0 bridgehead atoms. The van der Waals surface area contributed by atoms with E-state index in [1.54, 1.807) is 36.4 Å². The topological polar surface area (TPSA) is 105 Å². The lowest BCUT2D eigenvalue weighted by molar-refractivity contribution is -0.140. The Kier molecular flexibility index (Phi) is 11.4. The number of benzene rings is 3. The molecule has 0 aliphatic carbocycles. The van der Waals surface area contributed by atoms with Crippen molar-refractivity contribution in [2.24, 2.45) is 0 Å². The molecular formula is C32H37Cl2N3O6S. The van der Waals surface area contributed by atoms with Gasteiger partial charge in [0.05, 0.1) is 21.5 Å². The molecule has 12 heteroatoms. The van der Waals surface area contributed by atoms with Gasteiger partial charge in [0.2, 0.25) is 21.8 Å². The highest BCUT2D eigenvalue weighted by Crippen LogP contribution is 2.35. The average molecular weight is 663 g/mol. The molecule has 1 aliphatic rings. The summed E-state index contributed by atoms with van der Waals surface area (Å²) in [6, 6.07) is 18.0. The van der Waals surface area contributed by atoms with Gasteiger partial charge in [-0.15, -0.1) is 0 Å². The van der Waals surface area contributed by atoms with Crippen LogP contribution in [0.1, 0.15) is 38.3 Å². The first-order valence-electron chi connectivity index (χ1n) is 14.5. The first-order chi connectivity index (χ1) is 21.0. The maximum absolute atomic E-state index is 14.4. The fourth-order valence-corrected chi connectivity index (χ4v) is 6.11. The van der Waals surface area contributed by atoms with Crippen molar-refractivity contribution in [1.82, 2.24) is 10.2 Å². The van der Waals surface area contributed by atoms with Crippen molar-refractivity contribution in [2.75, 3.05) is 29.8 Å². The third kappa shape index (κ3) is 8.37. The number of hydrogen-bond donors (Lipinski definition) is 1. The Hall–Kier alpha value is -3.47. The van der Waals surface area contributed by atoms with Crippen molar-refractivity contribution in [3.05, 3.63) is 87.9 Å². The lowest BCUT2D eigenvalue weighted by Crippen LogP contribution is -2.54. The van der Waals surface area contributed by atoms with E-state index in [1.165, 1.54) is 11.8 Å². The van der Waals surface area contributed by atoms with E-state index in [-0.39, 0.29) is 36.4 Å². The van der Waals surface area contributed by atoms with Crippen LogP contribution in [-0.2, 0) is 32.6 Å². The first kappa shape index (κ1) is 33.4. The molecule has 2 amide bonds. The van der Waals surface area contributed by atoms with E-state index in [4.69, 9.17) is 32.7 Å². The zero-order chi connectivity index (χ0) is 31.9. The summed E-state index contributed by atoms with van der Waals surface area (Å²) in [6.45, 7) is 5.50. The minimum absolute atomic E-state index is 0.0116. The van der Waals surface area contributed by atoms with E-state index in [9.17, 15) is 18.0 Å². The molecule has 1 heterocycles. The fraction of sp³-hybridized carbons (Fsp3) is 0.375. The molecule has 0 aromatic heterocycles. The monoisotopic (exact) mass is 661 g/mol. The lowest BCUT2D eigenvalue weighted by Gasteiger charge is -2.34. The summed E-state index contributed by atoms with van der Waals surface area (Å²) >= 11 is 12.5. The maximum atomic E-state index is 14.4. The standard InChI is InChI=1S/C32H37Cl2N3O6S/c1-4-22(3)35-32(39)28(18-23-9-7-6-8-10-23)36(20-24-11-13-26(33)27(34)17-24)31(38)21-37(44(40,41)5-2)25-12-14-29-30(19-25)43-16-15-42-29/h6-14,17,19,22,28H,4-5,15-16,18,20-21H2,1-3H3,(H,35,39)/t22-,28+/m0/s1. The molecule has 0 spiro atoms. The Bertz CT molecular complexity index is 1570. The summed E-state index contributed by atoms with van der Waals surface area (Å²) in [5.74, 6) is -0.279. The molecule has 1 aliphatic heterocycles. The average Bonchev–Trinajstić information content (AvgIpc) is 3.03. The highest BCUT2D eigenvalue weighted by atomic mass is 35.5. The van der Waals surface area contributed by atoms with E-state index in [2.05, 4.69) is 5.32 Å². The SMILES string of the molecule is CC[C@H](C)NC(=O)[C@@H](Cc1ccccc1)N(Cc1ccc(Cl)c(Cl)c1)C(=O)CN(c1ccc2c(c1)OCCO2)S(=O)(=O)CC. The second kappa shape index (κ2) is 15.0. The fourth-order valence-electron chi connectivity index (χ4n) is 4.74. The van der Waals surface area contributed by atoms with Crippen LogP contribution >= 0.6 is 23.2 Å². The Morgan fingerprint density at radius 1 is 0.909 bits per heavy atom. The van der Waals surface area contributed by atoms with Crippen LogP contribution in [-0.4, -0.2) is 62.7 Å². The van der Waals surface area contributed by atoms with Gasteiger partial charge in [0.1, 0.15) is 25.8 Å². The first-order valence-corrected chi connectivity index (χ1v) is 16.9. The second-order valence-corrected chi connectivity index (χ2v) is 13.5. The normalized spacial score (nSPS) is 13.9. The summed E-state index contributed by atoms with van der Waals surface area (Å²) in [5.41, 5.74) is 1.72. The van der Waals surface area contributed by atoms with Gasteiger partial charge in [-0.3, -0.25) is 13.9 Å². The van der Waals surface area contributed by atoms with E-state index in [0.717, 1.165) is 9.87 Å². The lowest BCUT2D eigenvalue weighted by atomic mass is 10.0. The zero-order valence-corrected chi connectivity index (χ0v) is 27.3. The number of ether oxygens (including phenoxy) is 2. The number of nitrogens with one attached hydrogen (secondary N) is 1. The van der Waals surface area contributed by atoms with Crippen molar-refractivity contribution < 1.29 is 27.5 Å². The molecule has 2 atom stereocenters. The van der Waals surface area contributed by atoms with E-state index in [1.807, 2.05) is 44.2 Å². The second-order valence-electron chi connectivity index (χ2n) is 10.5. The summed E-state index contributed by atoms with van der Waals surface area (Å²) in [5, 5.41) is 3.66. The van der Waals surface area contributed by atoms with Crippen LogP contribution in [0.3, 0.4) is 0 Å². The van der Waals surface area contributed by atoms with Gasteiger partial charge in [0, 0.05) is 25.1 Å². The number of hydrogen-bond acceptors (Lipinski definition) is 6. The minimum Gasteiger partial charge on any atom is -0.486 e. The van der Waals surface area contributed by atoms with Gasteiger partial charge in [0.25, 0.3) is 0 Å². The van der Waals surface area contributed by atoms with Gasteiger partial charge in [0.15, 0.2) is 11.5 Å². The predicted octanol–water partition coefficient (Wildman–Crippen LogP) is 5.48. The third-order valence-corrected chi connectivity index (χ3v) is 9.88. The Morgan fingerprint density at radius 3 is 2.27 bits per heavy atom. The Morgan fingerprint density at radius 2 is 1.61 bits per heavy atom. The smallest absolute Gasteiger partial charge is 0.244 e. The van der Waals surface area contributed by atoms with Crippen LogP contribution < -0.4 is 19.1 Å². The molecule has 0 fully saturated rings. The predicted molar refractivity (Wildman–Crippen MR) is 173 cm³/mol. The van der Waals surface area contributed by atoms with E-state index in [0.29, 0.717) is 46.7 Å². The van der Waals surface area contributed by atoms with Gasteiger partial charge in [-0.2, -0.15) is 0 Å². The van der Waals surface area contributed by atoms with E-state index >= 15 is 0 Å². The Balaban J connectivity index is 1.77. The van der Waals surface area contributed by atoms with E-state index < -0.39 is 28.5 Å². The minimum atomic E-state index is -3.93. The van der Waals surface area contributed by atoms with Crippen molar-refractivity contribution in [1.29, 1.82) is 0 Å². The van der Waals surface area contributed by atoms with Crippen LogP contribution in [0.25, 0.3) is 0 Å². The van der Waals surface area contributed by atoms with Crippen molar-refractivity contribution >= 4 is 50.7 Å². The number of amides is 2. The van der Waals surface area contributed by atoms with Crippen LogP contribution in [0, 0.1) is 0 Å². The van der Waals surface area contributed by atoms with Gasteiger partial charge < -0.3 is 19.7 Å². The highest BCUT2D eigenvalue weighted by molar-refractivity contribution is 7.92. The van der Waals surface area contributed by atoms with Crippen molar-refractivity contribution in [2.45, 2.75) is 52.2 Å². The number of rotatable bonds is 13. The molecule has 1 N–H and O–H groups in total. The van der Waals surface area contributed by atoms with Crippen molar-refractivity contribution in [3.8, 4) is 11.5 Å². The molecule has 0 unspecified atom stereocenters. The molecule has 0 radical (unpaired) electrons. The molecular weight excluding hydrogens is 625 g/mol. The number of nitrogens with zero attached hydrogens (tertiary/aromatic N) is 2. The molecule has 44 heavy (non-hydrogen) atoms. The number of sulfonamides is 1. The number of fused-ring (bicyclic) bond motifs is 1. The summed E-state index contributed by atoms with van der Waals surface area (Å²) in [4.78, 5) is 29.6. The summed E-state index contributed by atoms with van der Waals surface area (Å²) < 4.78 is 39.2. The molecule has 4 rings (SSSR count). The Labute approximate surface area is 269 Å².